The smallest absolute Gasteiger partial charge is 0.229 e. The van der Waals surface area contributed by atoms with Crippen molar-refractivity contribution < 1.29 is 14.3 Å². The fourth-order valence-electron chi connectivity index (χ4n) is 2.28. The minimum absolute atomic E-state index is 0.0294. The highest BCUT2D eigenvalue weighted by Crippen LogP contribution is 2.31. The fourth-order valence-corrected chi connectivity index (χ4v) is 2.28. The van der Waals surface area contributed by atoms with E-state index >= 15 is 0 Å². The van der Waals surface area contributed by atoms with Crippen LogP contribution in [-0.2, 0) is 11.2 Å². The third-order valence-corrected chi connectivity index (χ3v) is 3.47. The standard InChI is InChI=1S/C15H18N2O3/c1-17(7-3-6-16)15(18)12-8-11-4-5-13(19-2)9-14(11)20-10-12/h4-5,9,12H,3,7-8,10H2,1-2H3/t12-/m0/s1. The minimum atomic E-state index is -0.181. The van der Waals surface area contributed by atoms with Gasteiger partial charge in [0.2, 0.25) is 5.91 Å². The van der Waals surface area contributed by atoms with Crippen molar-refractivity contribution in [2.24, 2.45) is 5.92 Å². The Kier molecular flexibility index (Phi) is 4.46. The summed E-state index contributed by atoms with van der Waals surface area (Å²) in [4.78, 5) is 13.9. The number of hydrogen-bond acceptors (Lipinski definition) is 4. The predicted octanol–water partition coefficient (Wildman–Crippen LogP) is 1.62. The molecule has 0 aromatic heterocycles. The Hall–Kier alpha value is -2.22. The molecule has 0 bridgehead atoms. The molecule has 1 heterocycles. The number of fused-ring (bicyclic) bond motifs is 1. The lowest BCUT2D eigenvalue weighted by Gasteiger charge is -2.28. The average molecular weight is 274 g/mol. The van der Waals surface area contributed by atoms with Crippen LogP contribution in [0.4, 0.5) is 0 Å². The van der Waals surface area contributed by atoms with Crippen LogP contribution < -0.4 is 9.47 Å². The number of amides is 1. The van der Waals surface area contributed by atoms with Gasteiger partial charge in [-0.3, -0.25) is 4.79 Å². The number of ether oxygens (including phenoxy) is 2. The number of carbonyl (C=O) groups excluding carboxylic acids is 1. The first kappa shape index (κ1) is 14.2. The molecule has 5 heteroatoms. The number of nitrogens with zero attached hydrogens (tertiary/aromatic N) is 2. The second-order valence-corrected chi connectivity index (χ2v) is 4.85. The van der Waals surface area contributed by atoms with E-state index in [0.29, 0.717) is 26.0 Å². The molecule has 1 atom stereocenters. The van der Waals surface area contributed by atoms with Crippen LogP contribution >= 0.6 is 0 Å². The van der Waals surface area contributed by atoms with Crippen LogP contribution in [0, 0.1) is 17.2 Å². The van der Waals surface area contributed by atoms with Gasteiger partial charge in [0.05, 0.1) is 25.5 Å². The van der Waals surface area contributed by atoms with E-state index in [1.54, 1.807) is 19.1 Å². The Balaban J connectivity index is 2.04. The first-order chi connectivity index (χ1) is 9.65. The normalized spacial score (nSPS) is 16.6. The van der Waals surface area contributed by atoms with Gasteiger partial charge in [0, 0.05) is 19.7 Å². The van der Waals surface area contributed by atoms with Gasteiger partial charge in [-0.15, -0.1) is 0 Å². The van der Waals surface area contributed by atoms with E-state index in [-0.39, 0.29) is 11.8 Å². The summed E-state index contributed by atoms with van der Waals surface area (Å²) in [5.41, 5.74) is 1.02. The maximum absolute atomic E-state index is 12.2. The van der Waals surface area contributed by atoms with Crippen molar-refractivity contribution in [2.75, 3.05) is 27.3 Å². The van der Waals surface area contributed by atoms with E-state index < -0.39 is 0 Å². The van der Waals surface area contributed by atoms with Crippen LogP contribution in [0.3, 0.4) is 0 Å². The van der Waals surface area contributed by atoms with Crippen LogP contribution in [0.5, 0.6) is 11.5 Å². The average Bonchev–Trinajstić information content (AvgIpc) is 2.50. The Morgan fingerprint density at radius 1 is 1.60 bits per heavy atom. The Morgan fingerprint density at radius 3 is 3.10 bits per heavy atom. The lowest BCUT2D eigenvalue weighted by Crippen LogP contribution is -2.39. The van der Waals surface area contributed by atoms with E-state index in [9.17, 15) is 4.79 Å². The van der Waals surface area contributed by atoms with Crippen molar-refractivity contribution in [2.45, 2.75) is 12.8 Å². The summed E-state index contributed by atoms with van der Waals surface area (Å²) >= 11 is 0. The van der Waals surface area contributed by atoms with Gasteiger partial charge in [-0.1, -0.05) is 6.07 Å². The van der Waals surface area contributed by atoms with Gasteiger partial charge >= 0.3 is 0 Å². The molecule has 106 valence electrons. The monoisotopic (exact) mass is 274 g/mol. The number of nitriles is 1. The van der Waals surface area contributed by atoms with Crippen LogP contribution in [-0.4, -0.2) is 38.1 Å². The third-order valence-electron chi connectivity index (χ3n) is 3.47. The van der Waals surface area contributed by atoms with Gasteiger partial charge in [0.15, 0.2) is 0 Å². The SMILES string of the molecule is COc1ccc2c(c1)OC[C@@H](C(=O)N(C)CCC#N)C2. The zero-order valence-corrected chi connectivity index (χ0v) is 11.8. The lowest BCUT2D eigenvalue weighted by atomic mass is 9.95. The summed E-state index contributed by atoms with van der Waals surface area (Å²) in [5.74, 6) is 1.38. The molecule has 5 nitrogen and oxygen atoms in total. The van der Waals surface area contributed by atoms with Gasteiger partial charge in [-0.2, -0.15) is 5.26 Å². The van der Waals surface area contributed by atoms with Crippen LogP contribution in [0.2, 0.25) is 0 Å². The van der Waals surface area contributed by atoms with Gasteiger partial charge in [0.1, 0.15) is 18.1 Å². The van der Waals surface area contributed by atoms with Crippen molar-refractivity contribution >= 4 is 5.91 Å². The van der Waals surface area contributed by atoms with Gasteiger partial charge < -0.3 is 14.4 Å². The van der Waals surface area contributed by atoms with Crippen LogP contribution in [0.25, 0.3) is 0 Å². The number of rotatable bonds is 4. The minimum Gasteiger partial charge on any atom is -0.497 e. The van der Waals surface area contributed by atoms with Crippen molar-refractivity contribution in [3.05, 3.63) is 23.8 Å². The second-order valence-electron chi connectivity index (χ2n) is 4.85. The molecule has 1 aliphatic heterocycles. The number of methoxy groups -OCH3 is 1. The molecule has 0 unspecified atom stereocenters. The predicted molar refractivity (Wildman–Crippen MR) is 73.6 cm³/mol. The fraction of sp³-hybridized carbons (Fsp3) is 0.467. The van der Waals surface area contributed by atoms with Gasteiger partial charge in [-0.05, 0) is 18.1 Å². The molecular weight excluding hydrogens is 256 g/mol. The van der Waals surface area contributed by atoms with E-state index in [2.05, 4.69) is 0 Å². The summed E-state index contributed by atoms with van der Waals surface area (Å²) in [6.07, 6.45) is 1.01. The zero-order chi connectivity index (χ0) is 14.5. The molecule has 1 aromatic carbocycles. The quantitative estimate of drug-likeness (QED) is 0.837. The summed E-state index contributed by atoms with van der Waals surface area (Å²) in [7, 11) is 3.34. The Morgan fingerprint density at radius 2 is 2.40 bits per heavy atom. The summed E-state index contributed by atoms with van der Waals surface area (Å²) in [6.45, 7) is 0.831. The first-order valence-corrected chi connectivity index (χ1v) is 6.57. The highest BCUT2D eigenvalue weighted by molar-refractivity contribution is 5.79. The molecule has 0 N–H and O–H groups in total. The molecule has 0 radical (unpaired) electrons. The van der Waals surface area contributed by atoms with Gasteiger partial charge in [0.25, 0.3) is 0 Å². The molecule has 0 saturated heterocycles. The Labute approximate surface area is 118 Å². The molecule has 1 amide bonds. The molecule has 0 saturated carbocycles. The maximum Gasteiger partial charge on any atom is 0.229 e. The van der Waals surface area contributed by atoms with E-state index in [0.717, 1.165) is 17.1 Å². The van der Waals surface area contributed by atoms with Crippen molar-refractivity contribution in [3.63, 3.8) is 0 Å². The van der Waals surface area contributed by atoms with E-state index in [4.69, 9.17) is 14.7 Å². The molecule has 0 spiro atoms. The number of hydrogen-bond donors (Lipinski definition) is 0. The summed E-state index contributed by atoms with van der Waals surface area (Å²) in [6, 6.07) is 7.69. The molecule has 0 fully saturated rings. The second kappa shape index (κ2) is 6.29. The van der Waals surface area contributed by atoms with E-state index in [1.807, 2.05) is 24.3 Å². The molecular formula is C15H18N2O3. The largest absolute Gasteiger partial charge is 0.497 e. The molecule has 20 heavy (non-hydrogen) atoms. The number of carbonyl (C=O) groups is 1. The topological polar surface area (TPSA) is 62.6 Å². The van der Waals surface area contributed by atoms with Crippen LogP contribution in [0.15, 0.2) is 18.2 Å². The highest BCUT2D eigenvalue weighted by Gasteiger charge is 2.28. The first-order valence-electron chi connectivity index (χ1n) is 6.57. The molecule has 2 rings (SSSR count). The highest BCUT2D eigenvalue weighted by atomic mass is 16.5. The van der Waals surface area contributed by atoms with Crippen molar-refractivity contribution in [3.8, 4) is 17.6 Å². The number of benzene rings is 1. The molecule has 1 aliphatic rings. The molecule has 0 aliphatic carbocycles. The van der Waals surface area contributed by atoms with Gasteiger partial charge in [-0.25, -0.2) is 0 Å². The van der Waals surface area contributed by atoms with Crippen molar-refractivity contribution in [1.82, 2.24) is 4.90 Å². The Bertz CT molecular complexity index is 536. The van der Waals surface area contributed by atoms with Crippen LogP contribution in [0.1, 0.15) is 12.0 Å². The zero-order valence-electron chi connectivity index (χ0n) is 11.8. The summed E-state index contributed by atoms with van der Waals surface area (Å²) < 4.78 is 10.8. The summed E-state index contributed by atoms with van der Waals surface area (Å²) in [5, 5.41) is 8.56. The van der Waals surface area contributed by atoms with Crippen molar-refractivity contribution in [1.29, 1.82) is 5.26 Å². The molecule has 1 aromatic rings. The van der Waals surface area contributed by atoms with E-state index in [1.165, 1.54) is 0 Å². The maximum atomic E-state index is 12.2. The lowest BCUT2D eigenvalue weighted by molar-refractivity contribution is -0.135. The third kappa shape index (κ3) is 3.02.